The summed E-state index contributed by atoms with van der Waals surface area (Å²) >= 11 is 9.43. The SMILES string of the molecule is Cc1c(Br)ccc(NC(=O)COC(=O)[C@H]2CC(=O)N(NC(=O)c3ccccc3Cl)C2)c1C. The predicted octanol–water partition coefficient (Wildman–Crippen LogP) is 3.39. The lowest BCUT2D eigenvalue weighted by atomic mass is 10.1. The fraction of sp³-hybridized carbons (Fsp3) is 0.273. The first kappa shape index (κ1) is 23.7. The van der Waals surface area contributed by atoms with E-state index < -0.39 is 36.2 Å². The number of carbonyl (C=O) groups excluding carboxylic acids is 4. The summed E-state index contributed by atoms with van der Waals surface area (Å²) in [6.07, 6.45) is -0.131. The molecule has 0 bridgehead atoms. The monoisotopic (exact) mass is 521 g/mol. The first-order valence-corrected chi connectivity index (χ1v) is 10.9. The third-order valence-electron chi connectivity index (χ3n) is 5.15. The minimum Gasteiger partial charge on any atom is -0.455 e. The average Bonchev–Trinajstić information content (AvgIpc) is 3.13. The van der Waals surface area contributed by atoms with Gasteiger partial charge in [0, 0.05) is 16.6 Å². The summed E-state index contributed by atoms with van der Waals surface area (Å²) in [5, 5.41) is 4.01. The maximum absolute atomic E-state index is 12.3. The average molecular weight is 523 g/mol. The van der Waals surface area contributed by atoms with Crippen LogP contribution in [0.15, 0.2) is 40.9 Å². The number of esters is 1. The molecule has 0 spiro atoms. The van der Waals surface area contributed by atoms with Crippen LogP contribution in [0, 0.1) is 19.8 Å². The third-order valence-corrected chi connectivity index (χ3v) is 6.34. The van der Waals surface area contributed by atoms with Gasteiger partial charge in [-0.3, -0.25) is 29.6 Å². The Morgan fingerprint density at radius 2 is 1.88 bits per heavy atom. The molecule has 1 atom stereocenters. The summed E-state index contributed by atoms with van der Waals surface area (Å²) in [6, 6.07) is 9.99. The van der Waals surface area contributed by atoms with E-state index in [1.54, 1.807) is 24.3 Å². The van der Waals surface area contributed by atoms with Gasteiger partial charge in [0.15, 0.2) is 6.61 Å². The Morgan fingerprint density at radius 1 is 1.16 bits per heavy atom. The van der Waals surface area contributed by atoms with Gasteiger partial charge in [-0.2, -0.15) is 0 Å². The highest BCUT2D eigenvalue weighted by Crippen LogP contribution is 2.26. The summed E-state index contributed by atoms with van der Waals surface area (Å²) in [7, 11) is 0. The summed E-state index contributed by atoms with van der Waals surface area (Å²) in [6.45, 7) is 3.25. The zero-order chi connectivity index (χ0) is 23.4. The lowest BCUT2D eigenvalue weighted by molar-refractivity contribution is -0.151. The maximum atomic E-state index is 12.3. The zero-order valence-electron chi connectivity index (χ0n) is 17.4. The molecule has 0 radical (unpaired) electrons. The Labute approximate surface area is 198 Å². The molecule has 10 heteroatoms. The van der Waals surface area contributed by atoms with Gasteiger partial charge in [0.1, 0.15) is 0 Å². The number of nitrogens with zero attached hydrogens (tertiary/aromatic N) is 1. The molecular weight excluding hydrogens is 502 g/mol. The Hall–Kier alpha value is -2.91. The number of hydrogen-bond donors (Lipinski definition) is 2. The molecule has 0 aromatic heterocycles. The molecule has 0 saturated carbocycles. The molecule has 0 unspecified atom stereocenters. The van der Waals surface area contributed by atoms with Crippen molar-refractivity contribution >= 4 is 56.9 Å². The van der Waals surface area contributed by atoms with Crippen molar-refractivity contribution < 1.29 is 23.9 Å². The molecule has 8 nitrogen and oxygen atoms in total. The largest absolute Gasteiger partial charge is 0.455 e. The number of amides is 3. The minimum absolute atomic E-state index is 0.0551. The summed E-state index contributed by atoms with van der Waals surface area (Å²) in [5.74, 6) is -2.96. The summed E-state index contributed by atoms with van der Waals surface area (Å²) in [5.41, 5.74) is 5.17. The van der Waals surface area contributed by atoms with E-state index in [2.05, 4.69) is 26.7 Å². The number of nitrogens with one attached hydrogen (secondary N) is 2. The van der Waals surface area contributed by atoms with Gasteiger partial charge in [0.2, 0.25) is 5.91 Å². The number of hydrogen-bond acceptors (Lipinski definition) is 5. The fourth-order valence-corrected chi connectivity index (χ4v) is 3.82. The van der Waals surface area contributed by atoms with Crippen LogP contribution in [0.25, 0.3) is 0 Å². The molecule has 1 saturated heterocycles. The Morgan fingerprint density at radius 3 is 2.59 bits per heavy atom. The second-order valence-electron chi connectivity index (χ2n) is 7.33. The zero-order valence-corrected chi connectivity index (χ0v) is 19.7. The quantitative estimate of drug-likeness (QED) is 0.566. The van der Waals surface area contributed by atoms with Crippen LogP contribution >= 0.6 is 27.5 Å². The minimum atomic E-state index is -0.793. The number of ether oxygens (including phenoxy) is 1. The van der Waals surface area contributed by atoms with Gasteiger partial charge in [-0.15, -0.1) is 0 Å². The molecule has 1 aliphatic rings. The van der Waals surface area contributed by atoms with E-state index in [-0.39, 0.29) is 23.6 Å². The van der Waals surface area contributed by atoms with E-state index in [1.165, 1.54) is 6.07 Å². The molecule has 1 heterocycles. The second kappa shape index (κ2) is 10.1. The Kier molecular flexibility index (Phi) is 7.52. The number of halogens is 2. The first-order valence-electron chi connectivity index (χ1n) is 9.75. The van der Waals surface area contributed by atoms with Crippen molar-refractivity contribution in [2.45, 2.75) is 20.3 Å². The standard InChI is InChI=1S/C22H21BrClN3O5/c1-12-13(2)18(8-7-16(12)23)25-19(28)11-32-22(31)14-9-20(29)27(10-14)26-21(30)15-5-3-4-6-17(15)24/h3-8,14H,9-11H2,1-2H3,(H,25,28)(H,26,30)/t14-/m0/s1. The predicted molar refractivity (Wildman–Crippen MR) is 122 cm³/mol. The number of hydrazine groups is 1. The molecule has 2 aromatic rings. The van der Waals surface area contributed by atoms with Crippen LogP contribution < -0.4 is 10.7 Å². The number of anilines is 1. The van der Waals surface area contributed by atoms with Crippen LogP contribution in [0.3, 0.4) is 0 Å². The van der Waals surface area contributed by atoms with Crippen LogP contribution in [0.2, 0.25) is 5.02 Å². The van der Waals surface area contributed by atoms with Crippen molar-refractivity contribution in [1.82, 2.24) is 10.4 Å². The van der Waals surface area contributed by atoms with Gasteiger partial charge in [0.25, 0.3) is 11.8 Å². The van der Waals surface area contributed by atoms with Crippen molar-refractivity contribution in [1.29, 1.82) is 0 Å². The van der Waals surface area contributed by atoms with Gasteiger partial charge in [-0.05, 0) is 49.2 Å². The molecule has 2 N–H and O–H groups in total. The van der Waals surface area contributed by atoms with Crippen LogP contribution in [0.5, 0.6) is 0 Å². The van der Waals surface area contributed by atoms with E-state index in [0.717, 1.165) is 20.6 Å². The summed E-state index contributed by atoms with van der Waals surface area (Å²) in [4.78, 5) is 49.1. The van der Waals surface area contributed by atoms with Crippen LogP contribution in [0.4, 0.5) is 5.69 Å². The highest BCUT2D eigenvalue weighted by atomic mass is 79.9. The maximum Gasteiger partial charge on any atom is 0.311 e. The fourth-order valence-electron chi connectivity index (χ4n) is 3.17. The molecule has 2 aromatic carbocycles. The molecule has 1 aliphatic heterocycles. The van der Waals surface area contributed by atoms with Crippen molar-refractivity contribution in [2.75, 3.05) is 18.5 Å². The first-order chi connectivity index (χ1) is 15.2. The second-order valence-corrected chi connectivity index (χ2v) is 8.59. The van der Waals surface area contributed by atoms with E-state index >= 15 is 0 Å². The van der Waals surface area contributed by atoms with Gasteiger partial charge < -0.3 is 10.1 Å². The van der Waals surface area contributed by atoms with Crippen molar-refractivity contribution in [3.63, 3.8) is 0 Å². The third kappa shape index (κ3) is 5.46. The van der Waals surface area contributed by atoms with Crippen molar-refractivity contribution in [3.8, 4) is 0 Å². The molecular formula is C22H21BrClN3O5. The number of rotatable bonds is 6. The smallest absolute Gasteiger partial charge is 0.311 e. The van der Waals surface area contributed by atoms with E-state index in [4.69, 9.17) is 16.3 Å². The Bertz CT molecular complexity index is 1090. The highest BCUT2D eigenvalue weighted by Gasteiger charge is 2.37. The van der Waals surface area contributed by atoms with E-state index in [1.807, 2.05) is 19.9 Å². The molecule has 3 amide bonds. The van der Waals surface area contributed by atoms with E-state index in [9.17, 15) is 19.2 Å². The van der Waals surface area contributed by atoms with Gasteiger partial charge >= 0.3 is 5.97 Å². The van der Waals surface area contributed by atoms with Gasteiger partial charge in [0.05, 0.1) is 23.0 Å². The topological polar surface area (TPSA) is 105 Å². The van der Waals surface area contributed by atoms with Crippen molar-refractivity contribution in [3.05, 3.63) is 62.6 Å². The van der Waals surface area contributed by atoms with Crippen molar-refractivity contribution in [2.24, 2.45) is 5.92 Å². The molecule has 168 valence electrons. The normalized spacial score (nSPS) is 15.4. The molecule has 1 fully saturated rings. The highest BCUT2D eigenvalue weighted by molar-refractivity contribution is 9.10. The van der Waals surface area contributed by atoms with Gasteiger partial charge in [-0.25, -0.2) is 0 Å². The van der Waals surface area contributed by atoms with E-state index in [0.29, 0.717) is 5.69 Å². The molecule has 3 rings (SSSR count). The summed E-state index contributed by atoms with van der Waals surface area (Å²) < 4.78 is 6.01. The molecule has 32 heavy (non-hydrogen) atoms. The van der Waals surface area contributed by atoms with Gasteiger partial charge in [-0.1, -0.05) is 39.7 Å². The molecule has 0 aliphatic carbocycles. The lowest BCUT2D eigenvalue weighted by Crippen LogP contribution is -2.43. The van der Waals surface area contributed by atoms with Crippen LogP contribution in [0.1, 0.15) is 27.9 Å². The van der Waals surface area contributed by atoms with Crippen LogP contribution in [-0.2, 0) is 19.1 Å². The van der Waals surface area contributed by atoms with Crippen LogP contribution in [-0.4, -0.2) is 41.9 Å². The number of carbonyl (C=O) groups is 4. The lowest BCUT2D eigenvalue weighted by Gasteiger charge is -2.18. The Balaban J connectivity index is 1.51. The number of benzene rings is 2.